The van der Waals surface area contributed by atoms with Gasteiger partial charge in [0.2, 0.25) is 5.91 Å². The van der Waals surface area contributed by atoms with Crippen molar-refractivity contribution in [2.24, 2.45) is 10.8 Å². The molecule has 4 N–H and O–H groups in total. The van der Waals surface area contributed by atoms with E-state index in [1.165, 1.54) is 36.4 Å². The summed E-state index contributed by atoms with van der Waals surface area (Å²) in [6, 6.07) is 7.31. The molecule has 4 aromatic rings. The first-order valence-electron chi connectivity index (χ1n) is 17.8. The van der Waals surface area contributed by atoms with Crippen LogP contribution < -0.4 is 20.1 Å². The topological polar surface area (TPSA) is 173 Å². The summed E-state index contributed by atoms with van der Waals surface area (Å²) in [5.41, 5.74) is -0.678. The molecule has 2 aromatic carbocycles. The number of anilines is 3. The van der Waals surface area contributed by atoms with Gasteiger partial charge in [-0.2, -0.15) is 5.10 Å². The highest BCUT2D eigenvalue weighted by Gasteiger charge is 2.57. The zero-order valence-corrected chi connectivity index (χ0v) is 32.6. The predicted octanol–water partition coefficient (Wildman–Crippen LogP) is 7.06. The fourth-order valence-electron chi connectivity index (χ4n) is 7.51. The minimum absolute atomic E-state index is 0.121. The third-order valence-electron chi connectivity index (χ3n) is 10.1. The molecule has 2 heterocycles. The van der Waals surface area contributed by atoms with Crippen molar-refractivity contribution in [1.29, 1.82) is 0 Å². The van der Waals surface area contributed by atoms with E-state index in [1.54, 1.807) is 18.3 Å². The van der Waals surface area contributed by atoms with Gasteiger partial charge in [0.05, 0.1) is 49.0 Å². The second kappa shape index (κ2) is 16.3. The lowest BCUT2D eigenvalue weighted by atomic mass is 9.58. The van der Waals surface area contributed by atoms with Crippen LogP contribution in [0.5, 0.6) is 11.5 Å². The molecule has 0 atom stereocenters. The van der Waals surface area contributed by atoms with E-state index in [-0.39, 0.29) is 24.9 Å². The molecule has 1 saturated carbocycles. The SMILES string of the molecule is COc1cc2c(Nc3cnn(CC(=O)Nc4cccc(F)c4F)c3)ncnc2cc1OCCCN(C1CCC1)C(COP(=O)(O)O)(C(C)(C)C)C(C)(C)C. The Morgan fingerprint density at radius 1 is 1.07 bits per heavy atom. The van der Waals surface area contributed by atoms with Crippen LogP contribution in [-0.2, 0) is 20.4 Å². The van der Waals surface area contributed by atoms with Gasteiger partial charge in [0.25, 0.3) is 0 Å². The Morgan fingerprint density at radius 3 is 2.43 bits per heavy atom. The van der Waals surface area contributed by atoms with Gasteiger partial charge in [-0.25, -0.2) is 23.3 Å². The molecule has 294 valence electrons. The minimum atomic E-state index is -4.72. The third kappa shape index (κ3) is 9.17. The lowest BCUT2D eigenvalue weighted by molar-refractivity contribution is -0.146. The Morgan fingerprint density at radius 2 is 1.80 bits per heavy atom. The summed E-state index contributed by atoms with van der Waals surface area (Å²) in [5, 5.41) is 10.4. The lowest BCUT2D eigenvalue weighted by Gasteiger charge is -2.62. The van der Waals surface area contributed by atoms with Crippen molar-refractivity contribution in [2.75, 3.05) is 37.5 Å². The van der Waals surface area contributed by atoms with E-state index >= 15 is 0 Å². The Bertz CT molecular complexity index is 1980. The molecule has 0 aliphatic heterocycles. The van der Waals surface area contributed by atoms with Crippen molar-refractivity contribution >= 4 is 41.8 Å². The molecule has 1 aliphatic carbocycles. The standard InChI is InChI=1S/C37H50F2N7O7P/c1-35(2,3)37(36(4,5)6,22-53-54(48,49)50)46(25-11-8-12-25)15-10-16-52-31-18-29-26(17-30(31)51-7)34(41-23-40-29)43-24-19-42-45(20-24)21-32(47)44-28-14-9-13-27(38)33(28)39/h9,13-14,17-20,23,25H,8,10-12,15-16,21-22H2,1-7H3,(H,44,47)(H,40,41,43)(H2,48,49,50). The van der Waals surface area contributed by atoms with Gasteiger partial charge in [0, 0.05) is 30.2 Å². The van der Waals surface area contributed by atoms with Crippen molar-refractivity contribution in [3.8, 4) is 11.5 Å². The van der Waals surface area contributed by atoms with Gasteiger partial charge in [-0.15, -0.1) is 0 Å². The number of methoxy groups -OCH3 is 1. The summed E-state index contributed by atoms with van der Waals surface area (Å²) in [4.78, 5) is 43.2. The van der Waals surface area contributed by atoms with E-state index in [0.717, 1.165) is 25.3 Å². The third-order valence-corrected chi connectivity index (χ3v) is 10.5. The average Bonchev–Trinajstić information content (AvgIpc) is 3.48. The fraction of sp³-hybridized carbons (Fsp3) is 0.514. The maximum atomic E-state index is 14.0. The Hall–Kier alpha value is -4.21. The highest BCUT2D eigenvalue weighted by molar-refractivity contribution is 7.46. The normalized spacial score (nSPS) is 14.3. The number of benzene rings is 2. The molecule has 0 bridgehead atoms. The molecule has 5 rings (SSSR count). The number of phosphoric ester groups is 1. The quantitative estimate of drug-likeness (QED) is 0.0676. The summed E-state index contributed by atoms with van der Waals surface area (Å²) in [6.45, 7) is 13.2. The van der Waals surface area contributed by atoms with E-state index in [2.05, 4.69) is 72.1 Å². The molecule has 0 saturated heterocycles. The van der Waals surface area contributed by atoms with Crippen molar-refractivity contribution in [2.45, 2.75) is 85.4 Å². The zero-order chi connectivity index (χ0) is 39.5. The van der Waals surface area contributed by atoms with Gasteiger partial charge in [-0.3, -0.25) is 18.9 Å². The second-order valence-corrected chi connectivity index (χ2v) is 16.8. The van der Waals surface area contributed by atoms with E-state index in [1.807, 2.05) is 0 Å². The largest absolute Gasteiger partial charge is 0.493 e. The highest BCUT2D eigenvalue weighted by atomic mass is 31.2. The number of aromatic nitrogens is 4. The average molecular weight is 774 g/mol. The first kappa shape index (κ1) is 41.0. The highest BCUT2D eigenvalue weighted by Crippen LogP contribution is 2.53. The predicted molar refractivity (Wildman–Crippen MR) is 201 cm³/mol. The summed E-state index contributed by atoms with van der Waals surface area (Å²) in [6.07, 6.45) is 8.17. The molecule has 1 aliphatic rings. The van der Waals surface area contributed by atoms with Crippen LogP contribution in [0.1, 0.15) is 67.2 Å². The molecular formula is C37H50F2N7O7P. The molecule has 0 spiro atoms. The smallest absolute Gasteiger partial charge is 0.469 e. The summed E-state index contributed by atoms with van der Waals surface area (Å²) in [5.74, 6) is -1.40. The Balaban J connectivity index is 1.28. The number of halogens is 2. The van der Waals surface area contributed by atoms with Crippen LogP contribution in [0.3, 0.4) is 0 Å². The van der Waals surface area contributed by atoms with Crippen LogP contribution in [0.2, 0.25) is 0 Å². The van der Waals surface area contributed by atoms with E-state index in [4.69, 9.17) is 14.0 Å². The fourth-order valence-corrected chi connectivity index (χ4v) is 7.86. The number of nitrogens with zero attached hydrogens (tertiary/aromatic N) is 5. The van der Waals surface area contributed by atoms with Crippen molar-refractivity contribution < 1.29 is 41.9 Å². The Labute approximate surface area is 313 Å². The van der Waals surface area contributed by atoms with Gasteiger partial charge in [-0.1, -0.05) is 54.0 Å². The number of rotatable bonds is 16. The first-order valence-corrected chi connectivity index (χ1v) is 19.3. The summed E-state index contributed by atoms with van der Waals surface area (Å²) >= 11 is 0. The van der Waals surface area contributed by atoms with Gasteiger partial charge < -0.3 is 29.9 Å². The molecule has 1 fully saturated rings. The van der Waals surface area contributed by atoms with Crippen molar-refractivity contribution in [3.63, 3.8) is 0 Å². The number of ether oxygens (including phenoxy) is 2. The van der Waals surface area contributed by atoms with Crippen molar-refractivity contribution in [3.05, 3.63) is 60.7 Å². The molecule has 0 unspecified atom stereocenters. The van der Waals surface area contributed by atoms with E-state index < -0.39 is 41.7 Å². The van der Waals surface area contributed by atoms with E-state index in [0.29, 0.717) is 53.5 Å². The first-order chi connectivity index (χ1) is 25.3. The molecule has 0 radical (unpaired) electrons. The van der Waals surface area contributed by atoms with Crippen LogP contribution >= 0.6 is 7.82 Å². The van der Waals surface area contributed by atoms with Crippen molar-refractivity contribution in [1.82, 2.24) is 24.6 Å². The minimum Gasteiger partial charge on any atom is -0.493 e. The van der Waals surface area contributed by atoms with Crippen LogP contribution in [0, 0.1) is 22.5 Å². The van der Waals surface area contributed by atoms with Gasteiger partial charge >= 0.3 is 7.82 Å². The van der Waals surface area contributed by atoms with Gasteiger partial charge in [0.15, 0.2) is 23.1 Å². The number of nitrogens with one attached hydrogen (secondary N) is 2. The number of carbonyl (C=O) groups is 1. The molecular weight excluding hydrogens is 723 g/mol. The summed E-state index contributed by atoms with van der Waals surface area (Å²) < 4.78 is 58.1. The number of phosphoric acid groups is 1. The Kier molecular flexibility index (Phi) is 12.3. The van der Waals surface area contributed by atoms with Crippen LogP contribution in [0.4, 0.5) is 26.0 Å². The van der Waals surface area contributed by atoms with E-state index in [9.17, 15) is 27.9 Å². The number of hydrogen-bond acceptors (Lipinski definition) is 10. The molecule has 14 nitrogen and oxygen atoms in total. The number of carbonyl (C=O) groups excluding carboxylic acids is 1. The number of fused-ring (bicyclic) bond motifs is 1. The lowest BCUT2D eigenvalue weighted by Crippen LogP contribution is -2.70. The molecule has 2 aromatic heterocycles. The van der Waals surface area contributed by atoms with Gasteiger partial charge in [-0.05, 0) is 48.3 Å². The molecule has 1 amide bonds. The van der Waals surface area contributed by atoms with Crippen LogP contribution in [-0.4, -0.2) is 78.8 Å². The van der Waals surface area contributed by atoms with Gasteiger partial charge in [0.1, 0.15) is 18.7 Å². The second-order valence-electron chi connectivity index (χ2n) is 15.5. The molecule has 17 heteroatoms. The monoisotopic (exact) mass is 773 g/mol. The molecule has 54 heavy (non-hydrogen) atoms. The summed E-state index contributed by atoms with van der Waals surface area (Å²) in [7, 11) is -3.19. The number of hydrogen-bond donors (Lipinski definition) is 4. The van der Waals surface area contributed by atoms with Crippen LogP contribution in [0.25, 0.3) is 10.9 Å². The maximum Gasteiger partial charge on any atom is 0.469 e. The zero-order valence-electron chi connectivity index (χ0n) is 31.7. The maximum absolute atomic E-state index is 14.0. The van der Waals surface area contributed by atoms with Crippen LogP contribution in [0.15, 0.2) is 49.1 Å². The number of amides is 1.